The Morgan fingerprint density at radius 3 is 2.35 bits per heavy atom. The minimum Gasteiger partial charge on any atom is -0.340 e. The molecule has 20 heavy (non-hydrogen) atoms. The molecule has 2 rings (SSSR count). The zero-order chi connectivity index (χ0) is 14.9. The van der Waals surface area contributed by atoms with Gasteiger partial charge in [0.15, 0.2) is 0 Å². The van der Waals surface area contributed by atoms with Crippen molar-refractivity contribution in [2.24, 2.45) is 11.8 Å². The van der Waals surface area contributed by atoms with Gasteiger partial charge in [0, 0.05) is 6.54 Å². The molecule has 2 amide bonds. The lowest BCUT2D eigenvalue weighted by atomic mass is 9.86. The van der Waals surface area contributed by atoms with Crippen molar-refractivity contribution in [3.63, 3.8) is 0 Å². The molecule has 0 aromatic rings. The summed E-state index contributed by atoms with van der Waals surface area (Å²) in [5, 5.41) is 3.06. The Bertz CT molecular complexity index is 386. The van der Waals surface area contributed by atoms with Crippen molar-refractivity contribution in [2.75, 3.05) is 6.54 Å². The van der Waals surface area contributed by atoms with Crippen LogP contribution in [0.15, 0.2) is 0 Å². The van der Waals surface area contributed by atoms with Gasteiger partial charge in [-0.05, 0) is 24.7 Å². The molecule has 0 aromatic carbocycles. The minimum atomic E-state index is -0.587. The Morgan fingerprint density at radius 2 is 1.85 bits per heavy atom. The molecule has 1 N–H and O–H groups in total. The van der Waals surface area contributed by atoms with Crippen LogP contribution in [0.1, 0.15) is 59.8 Å². The SMILES string of the molecule is CCC(C)CN1C(=O)C2(CCCC2)NC(=O)C1C(C)C. The van der Waals surface area contributed by atoms with E-state index in [9.17, 15) is 9.59 Å². The van der Waals surface area contributed by atoms with Crippen molar-refractivity contribution in [3.8, 4) is 0 Å². The van der Waals surface area contributed by atoms with E-state index in [1.165, 1.54) is 0 Å². The number of nitrogens with zero attached hydrogens (tertiary/aromatic N) is 1. The molecule has 1 saturated heterocycles. The number of nitrogens with one attached hydrogen (secondary N) is 1. The summed E-state index contributed by atoms with van der Waals surface area (Å²) >= 11 is 0. The van der Waals surface area contributed by atoms with Crippen molar-refractivity contribution < 1.29 is 9.59 Å². The summed E-state index contributed by atoms with van der Waals surface area (Å²) in [4.78, 5) is 27.4. The molecular formula is C16H28N2O2. The smallest absolute Gasteiger partial charge is 0.249 e. The van der Waals surface area contributed by atoms with E-state index in [4.69, 9.17) is 0 Å². The third kappa shape index (κ3) is 2.57. The molecule has 4 nitrogen and oxygen atoms in total. The first kappa shape index (κ1) is 15.3. The molecule has 1 heterocycles. The summed E-state index contributed by atoms with van der Waals surface area (Å²) in [6.07, 6.45) is 4.72. The molecule has 0 aromatic heterocycles. The second-order valence-corrected chi connectivity index (χ2v) is 6.94. The number of rotatable bonds is 4. The van der Waals surface area contributed by atoms with Gasteiger partial charge in [-0.3, -0.25) is 9.59 Å². The highest BCUT2D eigenvalue weighted by Gasteiger charge is 2.52. The van der Waals surface area contributed by atoms with Crippen LogP contribution in [0, 0.1) is 11.8 Å². The molecule has 4 heteroatoms. The number of hydrogen-bond acceptors (Lipinski definition) is 2. The van der Waals surface area contributed by atoms with Gasteiger partial charge in [-0.25, -0.2) is 0 Å². The van der Waals surface area contributed by atoms with E-state index < -0.39 is 5.54 Å². The van der Waals surface area contributed by atoms with Gasteiger partial charge in [0.05, 0.1) is 0 Å². The van der Waals surface area contributed by atoms with Crippen molar-refractivity contribution in [1.29, 1.82) is 0 Å². The van der Waals surface area contributed by atoms with Crippen LogP contribution < -0.4 is 5.32 Å². The topological polar surface area (TPSA) is 49.4 Å². The number of piperazine rings is 1. The average molecular weight is 280 g/mol. The molecule has 0 radical (unpaired) electrons. The Hall–Kier alpha value is -1.06. The lowest BCUT2D eigenvalue weighted by Gasteiger charge is -2.46. The molecule has 2 aliphatic rings. The van der Waals surface area contributed by atoms with Gasteiger partial charge < -0.3 is 10.2 Å². The molecule has 1 aliphatic heterocycles. The van der Waals surface area contributed by atoms with Gasteiger partial charge in [-0.2, -0.15) is 0 Å². The van der Waals surface area contributed by atoms with Gasteiger partial charge in [0.1, 0.15) is 11.6 Å². The van der Waals surface area contributed by atoms with E-state index in [-0.39, 0.29) is 23.8 Å². The summed E-state index contributed by atoms with van der Waals surface area (Å²) in [6, 6.07) is -0.303. The quantitative estimate of drug-likeness (QED) is 0.859. The van der Waals surface area contributed by atoms with Crippen LogP contribution in [0.3, 0.4) is 0 Å². The highest BCUT2D eigenvalue weighted by atomic mass is 16.2. The fourth-order valence-electron chi connectivity index (χ4n) is 3.55. The highest BCUT2D eigenvalue weighted by Crippen LogP contribution is 2.36. The van der Waals surface area contributed by atoms with Gasteiger partial charge in [0.2, 0.25) is 11.8 Å². The lowest BCUT2D eigenvalue weighted by molar-refractivity contribution is -0.157. The van der Waals surface area contributed by atoms with Crippen molar-refractivity contribution in [2.45, 2.75) is 71.4 Å². The number of carbonyl (C=O) groups excluding carboxylic acids is 2. The predicted molar refractivity (Wildman–Crippen MR) is 79.1 cm³/mol. The number of hydrogen-bond donors (Lipinski definition) is 1. The molecule has 0 bridgehead atoms. The summed E-state index contributed by atoms with van der Waals surface area (Å²) in [5.74, 6) is 0.796. The molecule has 2 atom stereocenters. The van der Waals surface area contributed by atoms with Crippen LogP contribution in [-0.4, -0.2) is 34.8 Å². The maximum absolute atomic E-state index is 13.0. The summed E-state index contributed by atoms with van der Waals surface area (Å²) in [6.45, 7) is 9.03. The normalized spacial score (nSPS) is 27.2. The molecule has 114 valence electrons. The molecule has 1 aliphatic carbocycles. The number of carbonyl (C=O) groups is 2. The summed E-state index contributed by atoms with van der Waals surface area (Å²) < 4.78 is 0. The van der Waals surface area contributed by atoms with Crippen molar-refractivity contribution in [1.82, 2.24) is 10.2 Å². The third-order valence-corrected chi connectivity index (χ3v) is 4.93. The zero-order valence-electron chi connectivity index (χ0n) is 13.2. The van der Waals surface area contributed by atoms with E-state index in [1.54, 1.807) is 0 Å². The van der Waals surface area contributed by atoms with Crippen molar-refractivity contribution in [3.05, 3.63) is 0 Å². The van der Waals surface area contributed by atoms with Crippen LogP contribution in [0.2, 0.25) is 0 Å². The van der Waals surface area contributed by atoms with E-state index in [2.05, 4.69) is 19.2 Å². The minimum absolute atomic E-state index is 0.0461. The van der Waals surface area contributed by atoms with Gasteiger partial charge >= 0.3 is 0 Å². The Morgan fingerprint density at radius 1 is 1.25 bits per heavy atom. The molecule has 1 spiro atoms. The second kappa shape index (κ2) is 5.74. The number of amides is 2. The van der Waals surface area contributed by atoms with E-state index in [0.29, 0.717) is 12.5 Å². The summed E-state index contributed by atoms with van der Waals surface area (Å²) in [5.41, 5.74) is -0.587. The average Bonchev–Trinajstić information content (AvgIpc) is 2.84. The highest BCUT2D eigenvalue weighted by molar-refractivity contribution is 6.00. The molecule has 2 unspecified atom stereocenters. The first-order chi connectivity index (χ1) is 9.41. The first-order valence-corrected chi connectivity index (χ1v) is 8.04. The molecular weight excluding hydrogens is 252 g/mol. The second-order valence-electron chi connectivity index (χ2n) is 6.94. The van der Waals surface area contributed by atoms with Crippen LogP contribution in [0.4, 0.5) is 0 Å². The maximum Gasteiger partial charge on any atom is 0.249 e. The fraction of sp³-hybridized carbons (Fsp3) is 0.875. The van der Waals surface area contributed by atoms with E-state index in [0.717, 1.165) is 32.1 Å². The van der Waals surface area contributed by atoms with Gasteiger partial charge in [-0.1, -0.05) is 47.0 Å². The fourth-order valence-corrected chi connectivity index (χ4v) is 3.55. The van der Waals surface area contributed by atoms with Crippen LogP contribution in [0.5, 0.6) is 0 Å². The van der Waals surface area contributed by atoms with Gasteiger partial charge in [-0.15, -0.1) is 0 Å². The summed E-state index contributed by atoms with van der Waals surface area (Å²) in [7, 11) is 0. The molecule has 2 fully saturated rings. The van der Waals surface area contributed by atoms with E-state index >= 15 is 0 Å². The maximum atomic E-state index is 13.0. The lowest BCUT2D eigenvalue weighted by Crippen LogP contribution is -2.70. The van der Waals surface area contributed by atoms with Gasteiger partial charge in [0.25, 0.3) is 0 Å². The Labute approximate surface area is 122 Å². The van der Waals surface area contributed by atoms with Crippen LogP contribution >= 0.6 is 0 Å². The van der Waals surface area contributed by atoms with Crippen LogP contribution in [0.25, 0.3) is 0 Å². The monoisotopic (exact) mass is 280 g/mol. The predicted octanol–water partition coefficient (Wildman–Crippen LogP) is 2.33. The zero-order valence-corrected chi connectivity index (χ0v) is 13.2. The first-order valence-electron chi connectivity index (χ1n) is 8.04. The largest absolute Gasteiger partial charge is 0.340 e. The molecule has 1 saturated carbocycles. The van der Waals surface area contributed by atoms with Crippen molar-refractivity contribution >= 4 is 11.8 Å². The third-order valence-electron chi connectivity index (χ3n) is 4.93. The standard InChI is InChI=1S/C16H28N2O2/c1-5-12(4)10-18-13(11(2)3)14(19)17-16(15(18)20)8-6-7-9-16/h11-13H,5-10H2,1-4H3,(H,17,19). The van der Waals surface area contributed by atoms with Crippen LogP contribution in [-0.2, 0) is 9.59 Å². The van der Waals surface area contributed by atoms with E-state index in [1.807, 2.05) is 18.7 Å². The Kier molecular flexibility index (Phi) is 4.40. The Balaban J connectivity index is 2.28.